The Hall–Kier alpha value is -3.37. The van der Waals surface area contributed by atoms with Gasteiger partial charge in [-0.3, -0.25) is 4.79 Å². The van der Waals surface area contributed by atoms with Gasteiger partial charge in [-0.1, -0.05) is 18.2 Å². The maximum atomic E-state index is 12.9. The molecule has 1 aromatic heterocycles. The Kier molecular flexibility index (Phi) is 6.24. The van der Waals surface area contributed by atoms with Crippen molar-refractivity contribution in [2.75, 3.05) is 43.1 Å². The predicted molar refractivity (Wildman–Crippen MR) is 123 cm³/mol. The summed E-state index contributed by atoms with van der Waals surface area (Å²) in [6, 6.07) is 13.8. The van der Waals surface area contributed by atoms with Gasteiger partial charge in [-0.2, -0.15) is 13.2 Å². The van der Waals surface area contributed by atoms with Crippen LogP contribution in [0.3, 0.4) is 0 Å². The molecule has 2 aliphatic rings. The number of fused-ring (bicyclic) bond motifs is 1. The van der Waals surface area contributed by atoms with E-state index in [2.05, 4.69) is 10.2 Å². The van der Waals surface area contributed by atoms with Crippen molar-refractivity contribution in [1.82, 2.24) is 4.98 Å². The summed E-state index contributed by atoms with van der Waals surface area (Å²) in [6.07, 6.45) is -2.99. The Morgan fingerprint density at radius 1 is 1.06 bits per heavy atom. The van der Waals surface area contributed by atoms with Crippen molar-refractivity contribution in [1.29, 1.82) is 0 Å². The van der Waals surface area contributed by atoms with Crippen molar-refractivity contribution in [2.24, 2.45) is 0 Å². The first-order valence-corrected chi connectivity index (χ1v) is 11.3. The minimum atomic E-state index is -4.49. The normalized spacial score (nSPS) is 17.6. The highest BCUT2D eigenvalue weighted by Gasteiger charge is 2.40. The molecule has 2 saturated heterocycles. The molecule has 2 fully saturated rings. The molecule has 0 bridgehead atoms. The summed E-state index contributed by atoms with van der Waals surface area (Å²) in [5.74, 6) is 0.152. The fourth-order valence-electron chi connectivity index (χ4n) is 4.38. The molecular formula is C25H24F3N3O4. The number of amides is 1. The maximum absolute atomic E-state index is 12.9. The maximum Gasteiger partial charge on any atom is 0.416 e. The molecule has 0 unspecified atom stereocenters. The highest BCUT2D eigenvalue weighted by molar-refractivity contribution is 5.92. The molecule has 3 aromatic rings. The first-order valence-electron chi connectivity index (χ1n) is 11.3. The SMILES string of the molecule is O=C(COc1cccc2ccc(N3CCC4(CC3)OCCO4)nc12)Nc1cccc(C(F)(F)F)c1. The van der Waals surface area contributed by atoms with Crippen LogP contribution in [0.25, 0.3) is 10.9 Å². The zero-order valence-corrected chi connectivity index (χ0v) is 18.8. The van der Waals surface area contributed by atoms with E-state index >= 15 is 0 Å². The second kappa shape index (κ2) is 9.35. The number of rotatable bonds is 5. The third kappa shape index (κ3) is 5.18. The lowest BCUT2D eigenvalue weighted by Gasteiger charge is -2.38. The smallest absolute Gasteiger partial charge is 0.416 e. The lowest BCUT2D eigenvalue weighted by molar-refractivity contribution is -0.169. The molecule has 0 atom stereocenters. The first-order chi connectivity index (χ1) is 16.8. The predicted octanol–water partition coefficient (Wildman–Crippen LogP) is 4.61. The Balaban J connectivity index is 1.26. The van der Waals surface area contributed by atoms with E-state index in [0.29, 0.717) is 24.5 Å². The van der Waals surface area contributed by atoms with Crippen LogP contribution in [0.4, 0.5) is 24.7 Å². The summed E-state index contributed by atoms with van der Waals surface area (Å²) in [4.78, 5) is 19.3. The van der Waals surface area contributed by atoms with Gasteiger partial charge in [0.1, 0.15) is 17.1 Å². The molecule has 2 aliphatic heterocycles. The molecular weight excluding hydrogens is 463 g/mol. The van der Waals surface area contributed by atoms with Crippen LogP contribution in [0, 0.1) is 0 Å². The Bertz CT molecular complexity index is 1220. The molecule has 7 nitrogen and oxygen atoms in total. The lowest BCUT2D eigenvalue weighted by Crippen LogP contribution is -2.45. The average molecular weight is 487 g/mol. The Morgan fingerprint density at radius 3 is 2.54 bits per heavy atom. The van der Waals surface area contributed by atoms with E-state index in [1.807, 2.05) is 18.2 Å². The average Bonchev–Trinajstić information content (AvgIpc) is 3.30. The number of piperidine rings is 1. The number of ether oxygens (including phenoxy) is 3. The summed E-state index contributed by atoms with van der Waals surface area (Å²) in [5.41, 5.74) is -0.188. The molecule has 0 saturated carbocycles. The molecule has 1 N–H and O–H groups in total. The number of alkyl halides is 3. The van der Waals surface area contributed by atoms with Crippen molar-refractivity contribution in [3.05, 3.63) is 60.2 Å². The van der Waals surface area contributed by atoms with Crippen molar-refractivity contribution in [2.45, 2.75) is 24.8 Å². The minimum Gasteiger partial charge on any atom is -0.481 e. The molecule has 5 rings (SSSR count). The summed E-state index contributed by atoms with van der Waals surface area (Å²) >= 11 is 0. The zero-order valence-electron chi connectivity index (χ0n) is 18.8. The number of carbonyl (C=O) groups is 1. The van der Waals surface area contributed by atoms with Gasteiger partial charge >= 0.3 is 6.18 Å². The molecule has 0 aliphatic carbocycles. The van der Waals surface area contributed by atoms with Crippen LogP contribution in [0.1, 0.15) is 18.4 Å². The van der Waals surface area contributed by atoms with Crippen LogP contribution in [0.5, 0.6) is 5.75 Å². The number of aromatic nitrogens is 1. The van der Waals surface area contributed by atoms with E-state index in [-0.39, 0.29) is 12.3 Å². The summed E-state index contributed by atoms with van der Waals surface area (Å²) in [5, 5.41) is 3.29. The van der Waals surface area contributed by atoms with E-state index in [9.17, 15) is 18.0 Å². The van der Waals surface area contributed by atoms with Crippen molar-refractivity contribution in [3.63, 3.8) is 0 Å². The molecule has 0 radical (unpaired) electrons. The van der Waals surface area contributed by atoms with Gasteiger partial charge < -0.3 is 24.4 Å². The zero-order chi connectivity index (χ0) is 24.5. The number of pyridine rings is 1. The van der Waals surface area contributed by atoms with Crippen molar-refractivity contribution in [3.8, 4) is 5.75 Å². The molecule has 2 aromatic carbocycles. The van der Waals surface area contributed by atoms with Gasteiger partial charge in [0.25, 0.3) is 5.91 Å². The number of para-hydroxylation sites is 1. The van der Waals surface area contributed by atoms with Crippen LogP contribution in [0.2, 0.25) is 0 Å². The van der Waals surface area contributed by atoms with E-state index < -0.39 is 23.4 Å². The highest BCUT2D eigenvalue weighted by atomic mass is 19.4. The summed E-state index contributed by atoms with van der Waals surface area (Å²) < 4.78 is 56.0. The van der Waals surface area contributed by atoms with E-state index in [1.165, 1.54) is 12.1 Å². The Morgan fingerprint density at radius 2 is 1.80 bits per heavy atom. The lowest BCUT2D eigenvalue weighted by atomic mass is 10.0. The van der Waals surface area contributed by atoms with Gasteiger partial charge in [0.05, 0.1) is 18.8 Å². The summed E-state index contributed by atoms with van der Waals surface area (Å²) in [7, 11) is 0. The van der Waals surface area contributed by atoms with E-state index in [4.69, 9.17) is 19.2 Å². The second-order valence-corrected chi connectivity index (χ2v) is 8.51. The van der Waals surface area contributed by atoms with Gasteiger partial charge in [-0.25, -0.2) is 4.98 Å². The van der Waals surface area contributed by atoms with Crippen LogP contribution in [0.15, 0.2) is 54.6 Å². The van der Waals surface area contributed by atoms with Gasteiger partial charge in [-0.15, -0.1) is 0 Å². The molecule has 1 spiro atoms. The first kappa shape index (κ1) is 23.4. The summed E-state index contributed by atoms with van der Waals surface area (Å²) in [6.45, 7) is 2.34. The third-order valence-electron chi connectivity index (χ3n) is 6.16. The number of nitrogens with zero attached hydrogens (tertiary/aromatic N) is 2. The second-order valence-electron chi connectivity index (χ2n) is 8.51. The standard InChI is InChI=1S/C25H24F3N3O4/c26-25(27,28)18-4-2-5-19(15-18)29-22(32)16-33-20-6-1-3-17-7-8-21(30-23(17)20)31-11-9-24(10-12-31)34-13-14-35-24/h1-8,15H,9-14,16H2,(H,29,32). The number of anilines is 2. The van der Waals surface area contributed by atoms with Crippen LogP contribution >= 0.6 is 0 Å². The fourth-order valence-corrected chi connectivity index (χ4v) is 4.38. The molecule has 1 amide bonds. The van der Waals surface area contributed by atoms with Crippen LogP contribution in [-0.4, -0.2) is 49.6 Å². The quantitative estimate of drug-likeness (QED) is 0.567. The van der Waals surface area contributed by atoms with Gasteiger partial charge in [0, 0.05) is 37.0 Å². The fraction of sp³-hybridized carbons (Fsp3) is 0.360. The van der Waals surface area contributed by atoms with Crippen molar-refractivity contribution < 1.29 is 32.2 Å². The molecule has 184 valence electrons. The molecule has 3 heterocycles. The van der Waals surface area contributed by atoms with E-state index in [0.717, 1.165) is 49.3 Å². The van der Waals surface area contributed by atoms with E-state index in [1.54, 1.807) is 12.1 Å². The molecule has 10 heteroatoms. The minimum absolute atomic E-state index is 0.0462. The van der Waals surface area contributed by atoms with Gasteiger partial charge in [-0.05, 0) is 36.4 Å². The monoisotopic (exact) mass is 487 g/mol. The van der Waals surface area contributed by atoms with Gasteiger partial charge in [0.15, 0.2) is 12.4 Å². The largest absolute Gasteiger partial charge is 0.481 e. The Labute approximate surface area is 199 Å². The number of halogens is 3. The topological polar surface area (TPSA) is 72.9 Å². The molecule has 35 heavy (non-hydrogen) atoms. The number of carbonyl (C=O) groups excluding carboxylic acids is 1. The van der Waals surface area contributed by atoms with Crippen LogP contribution in [-0.2, 0) is 20.4 Å². The van der Waals surface area contributed by atoms with Crippen molar-refractivity contribution >= 4 is 28.3 Å². The van der Waals surface area contributed by atoms with Crippen LogP contribution < -0.4 is 15.0 Å². The van der Waals surface area contributed by atoms with Gasteiger partial charge in [0.2, 0.25) is 0 Å². The third-order valence-corrected chi connectivity index (χ3v) is 6.16. The number of hydrogen-bond donors (Lipinski definition) is 1. The highest BCUT2D eigenvalue weighted by Crippen LogP contribution is 2.34. The number of hydrogen-bond acceptors (Lipinski definition) is 6. The number of benzene rings is 2. The number of nitrogens with one attached hydrogen (secondary N) is 1.